The zero-order valence-electron chi connectivity index (χ0n) is 21.1. The summed E-state index contributed by atoms with van der Waals surface area (Å²) >= 11 is 0. The van der Waals surface area contributed by atoms with Crippen molar-refractivity contribution in [1.29, 1.82) is 0 Å². The second-order valence-corrected chi connectivity index (χ2v) is 9.41. The summed E-state index contributed by atoms with van der Waals surface area (Å²) in [6, 6.07) is 17.1. The first kappa shape index (κ1) is 24.4. The highest BCUT2D eigenvalue weighted by atomic mass is 16.5. The zero-order chi connectivity index (χ0) is 25.9. The molecule has 3 aromatic heterocycles. The molecule has 0 fully saturated rings. The number of hydrogen-bond donors (Lipinski definition) is 1. The molecule has 0 spiro atoms. The van der Waals surface area contributed by atoms with Crippen molar-refractivity contribution in [3.63, 3.8) is 0 Å². The molecule has 37 heavy (non-hydrogen) atoms. The molecule has 0 saturated heterocycles. The molecule has 5 aromatic rings. The molecule has 9 nitrogen and oxygen atoms in total. The van der Waals surface area contributed by atoms with Crippen LogP contribution in [0.1, 0.15) is 62.6 Å². The van der Waals surface area contributed by atoms with E-state index in [0.29, 0.717) is 23.5 Å². The third kappa shape index (κ3) is 4.76. The number of unbranched alkanes of at least 4 members (excludes halogenated alkanes) is 1. The van der Waals surface area contributed by atoms with Gasteiger partial charge in [0.05, 0.1) is 12.5 Å². The van der Waals surface area contributed by atoms with E-state index >= 15 is 0 Å². The number of aryl methyl sites for hydroxylation is 1. The smallest absolute Gasteiger partial charge is 0.270 e. The Balaban J connectivity index is 1.59. The van der Waals surface area contributed by atoms with Crippen LogP contribution in [0.2, 0.25) is 0 Å². The monoisotopic (exact) mass is 499 g/mol. The van der Waals surface area contributed by atoms with Gasteiger partial charge < -0.3 is 14.0 Å². The molecule has 0 aliphatic rings. The summed E-state index contributed by atoms with van der Waals surface area (Å²) in [5.41, 5.74) is 1.77. The predicted molar refractivity (Wildman–Crippen MR) is 138 cm³/mol. The summed E-state index contributed by atoms with van der Waals surface area (Å²) in [7, 11) is 0. The SMILES string of the molecule is CCCCc1nc(O)c(-c2nnc(Cc3noc4ccccc34)o2)c(=O)n1C(c1ccccc1)C(C)C. The fraction of sp³-hybridized carbons (Fsp3) is 0.321. The minimum absolute atomic E-state index is 0.0795. The van der Waals surface area contributed by atoms with Crippen LogP contribution in [0.4, 0.5) is 0 Å². The average Bonchev–Trinajstić information content (AvgIpc) is 3.52. The molecule has 1 unspecified atom stereocenters. The lowest BCUT2D eigenvalue weighted by atomic mass is 9.95. The van der Waals surface area contributed by atoms with Crippen molar-refractivity contribution in [2.75, 3.05) is 0 Å². The lowest BCUT2D eigenvalue weighted by Crippen LogP contribution is -2.33. The summed E-state index contributed by atoms with van der Waals surface area (Å²) in [6.07, 6.45) is 2.55. The Kier molecular flexibility index (Phi) is 6.85. The standard InChI is InChI=1S/C28H29N5O4/c1-4-5-15-22-29-26(34)24(28(35)33(22)25(17(2)3)18-11-7-6-8-12-18)27-31-30-23(36-27)16-20-19-13-9-10-14-21(19)37-32-20/h6-14,17,25,34H,4-5,15-16H2,1-3H3. The van der Waals surface area contributed by atoms with Gasteiger partial charge in [0.2, 0.25) is 11.8 Å². The van der Waals surface area contributed by atoms with Crippen molar-refractivity contribution in [2.45, 2.75) is 52.5 Å². The number of aromatic nitrogens is 5. The maximum Gasteiger partial charge on any atom is 0.270 e. The first-order valence-electron chi connectivity index (χ1n) is 12.5. The molecule has 1 N–H and O–H groups in total. The lowest BCUT2D eigenvalue weighted by molar-refractivity contribution is 0.388. The van der Waals surface area contributed by atoms with Crippen LogP contribution in [0, 0.1) is 5.92 Å². The molecule has 2 aromatic carbocycles. The van der Waals surface area contributed by atoms with Gasteiger partial charge in [0.25, 0.3) is 11.4 Å². The normalized spacial score (nSPS) is 12.4. The molecule has 0 aliphatic heterocycles. The van der Waals surface area contributed by atoms with Gasteiger partial charge in [-0.15, -0.1) is 10.2 Å². The Morgan fingerprint density at radius 1 is 1.03 bits per heavy atom. The number of fused-ring (bicyclic) bond motifs is 1. The maximum atomic E-state index is 14.0. The van der Waals surface area contributed by atoms with Gasteiger partial charge in [0.1, 0.15) is 11.5 Å². The quantitative estimate of drug-likeness (QED) is 0.289. The van der Waals surface area contributed by atoms with Crippen LogP contribution in [0.5, 0.6) is 5.88 Å². The molecule has 190 valence electrons. The van der Waals surface area contributed by atoms with Gasteiger partial charge in [-0.25, -0.2) is 0 Å². The molecular formula is C28H29N5O4. The Labute approximate surface area is 213 Å². The van der Waals surface area contributed by atoms with Gasteiger partial charge in [0.15, 0.2) is 11.1 Å². The molecular weight excluding hydrogens is 470 g/mol. The number of rotatable bonds is 9. The number of benzene rings is 2. The van der Waals surface area contributed by atoms with Gasteiger partial charge in [-0.3, -0.25) is 9.36 Å². The lowest BCUT2D eigenvalue weighted by Gasteiger charge is -2.27. The molecule has 3 heterocycles. The van der Waals surface area contributed by atoms with Crippen LogP contribution >= 0.6 is 0 Å². The van der Waals surface area contributed by atoms with Crippen molar-refractivity contribution in [2.24, 2.45) is 5.92 Å². The molecule has 0 radical (unpaired) electrons. The predicted octanol–water partition coefficient (Wildman–Crippen LogP) is 5.32. The first-order chi connectivity index (χ1) is 18.0. The second-order valence-electron chi connectivity index (χ2n) is 9.41. The molecule has 9 heteroatoms. The molecule has 0 aliphatic carbocycles. The first-order valence-corrected chi connectivity index (χ1v) is 12.5. The molecule has 0 saturated carbocycles. The Bertz CT molecular complexity index is 1570. The van der Waals surface area contributed by atoms with Crippen LogP contribution in [-0.2, 0) is 12.8 Å². The van der Waals surface area contributed by atoms with E-state index in [2.05, 4.69) is 41.1 Å². The van der Waals surface area contributed by atoms with Crippen LogP contribution in [0.15, 0.2) is 68.3 Å². The van der Waals surface area contributed by atoms with Gasteiger partial charge in [-0.2, -0.15) is 4.98 Å². The fourth-order valence-corrected chi connectivity index (χ4v) is 4.67. The highest BCUT2D eigenvalue weighted by Gasteiger charge is 2.28. The summed E-state index contributed by atoms with van der Waals surface area (Å²) in [5, 5.41) is 24.0. The van der Waals surface area contributed by atoms with E-state index in [1.165, 1.54) is 0 Å². The van der Waals surface area contributed by atoms with Crippen molar-refractivity contribution < 1.29 is 14.0 Å². The zero-order valence-corrected chi connectivity index (χ0v) is 21.1. The Hall–Kier alpha value is -4.27. The summed E-state index contributed by atoms with van der Waals surface area (Å²) in [4.78, 5) is 18.5. The van der Waals surface area contributed by atoms with Gasteiger partial charge in [-0.05, 0) is 30.0 Å². The van der Waals surface area contributed by atoms with E-state index in [-0.39, 0.29) is 35.7 Å². The van der Waals surface area contributed by atoms with Crippen LogP contribution < -0.4 is 5.56 Å². The fourth-order valence-electron chi connectivity index (χ4n) is 4.67. The van der Waals surface area contributed by atoms with Crippen molar-refractivity contribution >= 4 is 11.0 Å². The summed E-state index contributed by atoms with van der Waals surface area (Å²) in [6.45, 7) is 6.20. The van der Waals surface area contributed by atoms with Crippen LogP contribution in [0.3, 0.4) is 0 Å². The number of para-hydroxylation sites is 1. The highest BCUT2D eigenvalue weighted by Crippen LogP contribution is 2.31. The number of hydrogen-bond acceptors (Lipinski definition) is 8. The average molecular weight is 500 g/mol. The largest absolute Gasteiger partial charge is 0.493 e. The maximum absolute atomic E-state index is 14.0. The number of aromatic hydroxyl groups is 1. The minimum Gasteiger partial charge on any atom is -0.493 e. The van der Waals surface area contributed by atoms with Gasteiger partial charge >= 0.3 is 0 Å². The van der Waals surface area contributed by atoms with E-state index in [1.54, 1.807) is 4.57 Å². The third-order valence-electron chi connectivity index (χ3n) is 6.43. The summed E-state index contributed by atoms with van der Waals surface area (Å²) in [5.74, 6) is 0.370. The van der Waals surface area contributed by atoms with E-state index < -0.39 is 11.4 Å². The second kappa shape index (κ2) is 10.4. The third-order valence-corrected chi connectivity index (χ3v) is 6.43. The number of nitrogens with zero attached hydrogens (tertiary/aromatic N) is 5. The highest BCUT2D eigenvalue weighted by molar-refractivity contribution is 5.79. The molecule has 0 bridgehead atoms. The van der Waals surface area contributed by atoms with Crippen molar-refractivity contribution in [3.05, 3.63) is 87.9 Å². The molecule has 0 amide bonds. The molecule has 1 atom stereocenters. The van der Waals surface area contributed by atoms with Gasteiger partial charge in [0, 0.05) is 11.8 Å². The van der Waals surface area contributed by atoms with Gasteiger partial charge in [-0.1, -0.05) is 74.8 Å². The Morgan fingerprint density at radius 3 is 2.54 bits per heavy atom. The van der Waals surface area contributed by atoms with E-state index in [1.807, 2.05) is 54.6 Å². The van der Waals surface area contributed by atoms with Crippen LogP contribution in [-0.4, -0.2) is 30.0 Å². The van der Waals surface area contributed by atoms with E-state index in [0.717, 1.165) is 23.8 Å². The topological polar surface area (TPSA) is 120 Å². The minimum atomic E-state index is -0.414. The van der Waals surface area contributed by atoms with Crippen molar-refractivity contribution in [3.8, 4) is 17.3 Å². The molecule has 5 rings (SSSR count). The van der Waals surface area contributed by atoms with E-state index in [9.17, 15) is 9.90 Å². The van der Waals surface area contributed by atoms with E-state index in [4.69, 9.17) is 8.94 Å². The Morgan fingerprint density at radius 2 is 1.78 bits per heavy atom. The van der Waals surface area contributed by atoms with Crippen molar-refractivity contribution in [1.82, 2.24) is 24.9 Å². The summed E-state index contributed by atoms with van der Waals surface area (Å²) < 4.78 is 12.9. The van der Waals surface area contributed by atoms with Crippen LogP contribution in [0.25, 0.3) is 22.4 Å².